The van der Waals surface area contributed by atoms with Crippen molar-refractivity contribution in [3.8, 4) is 0 Å². The molecule has 1 aliphatic heterocycles. The zero-order valence-electron chi connectivity index (χ0n) is 12.5. The van der Waals surface area contributed by atoms with E-state index in [0.717, 1.165) is 36.7 Å². The molecule has 0 fully saturated rings. The van der Waals surface area contributed by atoms with Gasteiger partial charge in [0.1, 0.15) is 0 Å². The number of hydrogen-bond acceptors (Lipinski definition) is 5. The number of amides is 1. The number of halogens is 1. The van der Waals surface area contributed by atoms with Crippen LogP contribution in [-0.4, -0.2) is 25.0 Å². The van der Waals surface area contributed by atoms with Gasteiger partial charge in [-0.3, -0.25) is 9.79 Å². The third kappa shape index (κ3) is 4.98. The van der Waals surface area contributed by atoms with Crippen molar-refractivity contribution in [2.75, 3.05) is 18.4 Å². The van der Waals surface area contributed by atoms with Crippen LogP contribution in [0.4, 0.5) is 5.69 Å². The van der Waals surface area contributed by atoms with E-state index in [1.165, 1.54) is 6.26 Å². The van der Waals surface area contributed by atoms with Gasteiger partial charge in [-0.15, -0.1) is 24.0 Å². The second kappa shape index (κ2) is 8.56. The van der Waals surface area contributed by atoms with E-state index < -0.39 is 0 Å². The average Bonchev–Trinajstić information content (AvgIpc) is 3.09. The largest absolute Gasteiger partial charge is 0.459 e. The molecule has 0 spiro atoms. The van der Waals surface area contributed by atoms with Gasteiger partial charge in [0.05, 0.1) is 6.26 Å². The maximum Gasteiger partial charge on any atom is 0.291 e. The predicted molar refractivity (Wildman–Crippen MR) is 100 cm³/mol. The highest BCUT2D eigenvalue weighted by Gasteiger charge is 2.09. The van der Waals surface area contributed by atoms with Crippen LogP contribution in [0.5, 0.6) is 0 Å². The van der Waals surface area contributed by atoms with Gasteiger partial charge in [0.15, 0.2) is 11.7 Å². The minimum atomic E-state index is -0.256. The molecule has 0 saturated heterocycles. The lowest BCUT2D eigenvalue weighted by molar-refractivity contribution is 0.0996. The van der Waals surface area contributed by atoms with E-state index in [2.05, 4.69) is 20.9 Å². The van der Waals surface area contributed by atoms with Gasteiger partial charge >= 0.3 is 0 Å². The Morgan fingerprint density at radius 3 is 2.96 bits per heavy atom. The highest BCUT2D eigenvalue weighted by atomic mass is 127. The van der Waals surface area contributed by atoms with Crippen molar-refractivity contribution in [3.63, 3.8) is 0 Å². The Labute approximate surface area is 151 Å². The van der Waals surface area contributed by atoms with Gasteiger partial charge in [-0.25, -0.2) is 0 Å². The fourth-order valence-corrected chi connectivity index (χ4v) is 2.20. The SMILES string of the molecule is I.O=C(Nc1cccc(CNC2=NCCCN2)c1)c1ccco1. The second-order valence-electron chi connectivity index (χ2n) is 5.00. The van der Waals surface area contributed by atoms with Crippen molar-refractivity contribution in [3.05, 3.63) is 54.0 Å². The molecule has 122 valence electrons. The van der Waals surface area contributed by atoms with Gasteiger partial charge in [-0.2, -0.15) is 0 Å². The van der Waals surface area contributed by atoms with E-state index in [-0.39, 0.29) is 29.9 Å². The van der Waals surface area contributed by atoms with Crippen molar-refractivity contribution < 1.29 is 9.21 Å². The lowest BCUT2D eigenvalue weighted by Crippen LogP contribution is -2.40. The summed E-state index contributed by atoms with van der Waals surface area (Å²) in [6, 6.07) is 11.0. The van der Waals surface area contributed by atoms with Crippen LogP contribution in [0, 0.1) is 0 Å². The van der Waals surface area contributed by atoms with Gasteiger partial charge in [0.2, 0.25) is 0 Å². The number of nitrogens with one attached hydrogen (secondary N) is 3. The van der Waals surface area contributed by atoms with E-state index in [4.69, 9.17) is 4.42 Å². The Kier molecular flexibility index (Phi) is 6.45. The number of anilines is 1. The first kappa shape index (κ1) is 17.3. The monoisotopic (exact) mass is 426 g/mol. The fourth-order valence-electron chi connectivity index (χ4n) is 2.20. The molecule has 1 aromatic heterocycles. The smallest absolute Gasteiger partial charge is 0.291 e. The number of carbonyl (C=O) groups is 1. The second-order valence-corrected chi connectivity index (χ2v) is 5.00. The Bertz CT molecular complexity index is 670. The summed E-state index contributed by atoms with van der Waals surface area (Å²) < 4.78 is 5.08. The molecule has 23 heavy (non-hydrogen) atoms. The van der Waals surface area contributed by atoms with Crippen molar-refractivity contribution in [2.45, 2.75) is 13.0 Å². The molecule has 1 aliphatic rings. The normalized spacial score (nSPS) is 13.3. The number of furan rings is 1. The summed E-state index contributed by atoms with van der Waals surface area (Å²) in [6.07, 6.45) is 2.55. The zero-order chi connectivity index (χ0) is 15.2. The standard InChI is InChI=1S/C16H18N4O2.HI/c21-15(14-6-2-9-22-14)20-13-5-1-4-12(10-13)11-19-16-17-7-3-8-18-16;/h1-2,4-6,9-10H,3,7-8,11H2,(H,20,21)(H2,17,18,19);1H. The maximum absolute atomic E-state index is 11.9. The van der Waals surface area contributed by atoms with Crippen LogP contribution in [0.1, 0.15) is 22.5 Å². The highest BCUT2D eigenvalue weighted by molar-refractivity contribution is 14.0. The lowest BCUT2D eigenvalue weighted by Gasteiger charge is -2.16. The van der Waals surface area contributed by atoms with Crippen molar-refractivity contribution in [1.82, 2.24) is 10.6 Å². The Morgan fingerprint density at radius 1 is 1.30 bits per heavy atom. The molecule has 0 bridgehead atoms. The van der Waals surface area contributed by atoms with Crippen LogP contribution in [0.2, 0.25) is 0 Å². The molecule has 0 aliphatic carbocycles. The molecule has 0 radical (unpaired) electrons. The number of aliphatic imine (C=N–C) groups is 1. The molecule has 2 heterocycles. The van der Waals surface area contributed by atoms with Crippen LogP contribution in [0.15, 0.2) is 52.1 Å². The topological polar surface area (TPSA) is 78.7 Å². The summed E-state index contributed by atoms with van der Waals surface area (Å²) in [5.74, 6) is 0.869. The fraction of sp³-hybridized carbons (Fsp3) is 0.250. The van der Waals surface area contributed by atoms with Crippen LogP contribution < -0.4 is 16.0 Å². The number of carbonyl (C=O) groups excluding carboxylic acids is 1. The summed E-state index contributed by atoms with van der Waals surface area (Å²) in [5.41, 5.74) is 1.80. The van der Waals surface area contributed by atoms with E-state index in [1.54, 1.807) is 12.1 Å². The molecule has 7 heteroatoms. The molecule has 1 amide bonds. The molecule has 1 aromatic carbocycles. The molecule has 6 nitrogen and oxygen atoms in total. The first-order valence-corrected chi connectivity index (χ1v) is 7.27. The third-order valence-electron chi connectivity index (χ3n) is 3.29. The quantitative estimate of drug-likeness (QED) is 0.657. The molecule has 0 atom stereocenters. The molecular weight excluding hydrogens is 407 g/mol. The van der Waals surface area contributed by atoms with Crippen molar-refractivity contribution >= 4 is 41.5 Å². The molecule has 0 unspecified atom stereocenters. The number of benzene rings is 1. The van der Waals surface area contributed by atoms with E-state index >= 15 is 0 Å². The molecule has 2 aromatic rings. The molecule has 3 N–H and O–H groups in total. The van der Waals surface area contributed by atoms with Gasteiger partial charge in [0, 0.05) is 25.3 Å². The predicted octanol–water partition coefficient (Wildman–Crippen LogP) is 2.59. The minimum absolute atomic E-state index is 0. The van der Waals surface area contributed by atoms with E-state index in [1.807, 2.05) is 24.3 Å². The summed E-state index contributed by atoms with van der Waals surface area (Å²) in [5, 5.41) is 9.28. The number of guanidine groups is 1. The van der Waals surface area contributed by atoms with Gasteiger partial charge < -0.3 is 20.4 Å². The van der Waals surface area contributed by atoms with E-state index in [0.29, 0.717) is 12.3 Å². The maximum atomic E-state index is 11.9. The molecule has 0 saturated carbocycles. The Morgan fingerprint density at radius 2 is 2.22 bits per heavy atom. The molecule has 3 rings (SSSR count). The highest BCUT2D eigenvalue weighted by Crippen LogP contribution is 2.12. The van der Waals surface area contributed by atoms with Crippen molar-refractivity contribution in [1.29, 1.82) is 0 Å². The number of hydrogen-bond donors (Lipinski definition) is 3. The van der Waals surface area contributed by atoms with Gasteiger partial charge in [-0.1, -0.05) is 12.1 Å². The molecular formula is C16H19IN4O2. The van der Waals surface area contributed by atoms with Gasteiger partial charge in [0.25, 0.3) is 5.91 Å². The lowest BCUT2D eigenvalue weighted by atomic mass is 10.2. The first-order chi connectivity index (χ1) is 10.8. The van der Waals surface area contributed by atoms with Crippen LogP contribution >= 0.6 is 24.0 Å². The zero-order valence-corrected chi connectivity index (χ0v) is 14.9. The van der Waals surface area contributed by atoms with Crippen LogP contribution in [-0.2, 0) is 6.54 Å². The first-order valence-electron chi connectivity index (χ1n) is 7.27. The number of nitrogens with zero attached hydrogens (tertiary/aromatic N) is 1. The summed E-state index contributed by atoms with van der Waals surface area (Å²) in [7, 11) is 0. The van der Waals surface area contributed by atoms with Crippen LogP contribution in [0.25, 0.3) is 0 Å². The summed E-state index contributed by atoms with van der Waals surface area (Å²) in [6.45, 7) is 2.45. The average molecular weight is 426 g/mol. The number of rotatable bonds is 4. The summed E-state index contributed by atoms with van der Waals surface area (Å²) in [4.78, 5) is 16.3. The Hall–Kier alpha value is -2.03. The third-order valence-corrected chi connectivity index (χ3v) is 3.29. The minimum Gasteiger partial charge on any atom is -0.459 e. The van der Waals surface area contributed by atoms with Crippen LogP contribution in [0.3, 0.4) is 0 Å². The Balaban J connectivity index is 0.00000192. The summed E-state index contributed by atoms with van der Waals surface area (Å²) >= 11 is 0. The van der Waals surface area contributed by atoms with E-state index in [9.17, 15) is 4.79 Å². The van der Waals surface area contributed by atoms with Gasteiger partial charge in [-0.05, 0) is 36.2 Å². The van der Waals surface area contributed by atoms with Crippen molar-refractivity contribution in [2.24, 2.45) is 4.99 Å².